The molecule has 2 aliphatic rings. The van der Waals surface area contributed by atoms with Crippen molar-refractivity contribution in [3.63, 3.8) is 0 Å². The van der Waals surface area contributed by atoms with E-state index in [1.54, 1.807) is 11.0 Å². The first-order chi connectivity index (χ1) is 13.2. The molecule has 1 atom stereocenters. The van der Waals surface area contributed by atoms with Gasteiger partial charge in [-0.2, -0.15) is 0 Å². The van der Waals surface area contributed by atoms with E-state index in [1.165, 1.54) is 0 Å². The summed E-state index contributed by atoms with van der Waals surface area (Å²) in [6, 6.07) is 5.50. The van der Waals surface area contributed by atoms with Crippen LogP contribution in [-0.4, -0.2) is 67.7 Å². The number of likely N-dealkylation sites (N-methyl/N-ethyl adjacent to an activating group) is 1. The number of amides is 1. The molecule has 1 aromatic carbocycles. The highest BCUT2D eigenvalue weighted by molar-refractivity contribution is 6.32. The standard InChI is InChI=1S/C22H33ClN2O3/c1-22(2,3)15-25-10-7-18(8-11-25)28-20-6-5-16(13-19(20)23)21(26)24(4)17-9-12-27-14-17/h5-6,13,17-18H,7-12,14-15H2,1-4H3. The van der Waals surface area contributed by atoms with Crippen molar-refractivity contribution in [1.82, 2.24) is 9.80 Å². The van der Waals surface area contributed by atoms with Crippen LogP contribution in [0.25, 0.3) is 0 Å². The Balaban J connectivity index is 1.55. The maximum atomic E-state index is 12.7. The number of ether oxygens (including phenoxy) is 2. The molecule has 5 nitrogen and oxygen atoms in total. The topological polar surface area (TPSA) is 42.0 Å². The van der Waals surface area contributed by atoms with E-state index < -0.39 is 0 Å². The number of carbonyl (C=O) groups excluding carboxylic acids is 1. The predicted molar refractivity (Wildman–Crippen MR) is 112 cm³/mol. The molecule has 2 aliphatic heterocycles. The molecule has 1 amide bonds. The summed E-state index contributed by atoms with van der Waals surface area (Å²) in [7, 11) is 1.82. The van der Waals surface area contributed by atoms with Gasteiger partial charge < -0.3 is 19.3 Å². The number of rotatable bonds is 5. The van der Waals surface area contributed by atoms with Crippen molar-refractivity contribution in [3.05, 3.63) is 28.8 Å². The van der Waals surface area contributed by atoms with E-state index in [0.717, 1.165) is 38.9 Å². The number of carbonyl (C=O) groups is 1. The second-order valence-electron chi connectivity index (χ2n) is 9.23. The lowest BCUT2D eigenvalue weighted by molar-refractivity contribution is 0.0710. The normalized spacial score (nSPS) is 21.7. The smallest absolute Gasteiger partial charge is 0.253 e. The van der Waals surface area contributed by atoms with Gasteiger partial charge in [-0.05, 0) is 42.9 Å². The highest BCUT2D eigenvalue weighted by Gasteiger charge is 2.27. The monoisotopic (exact) mass is 408 g/mol. The maximum absolute atomic E-state index is 12.7. The van der Waals surface area contributed by atoms with E-state index in [2.05, 4.69) is 25.7 Å². The van der Waals surface area contributed by atoms with Crippen molar-refractivity contribution in [2.45, 2.75) is 52.2 Å². The number of halogens is 1. The second kappa shape index (κ2) is 9.02. The van der Waals surface area contributed by atoms with Crippen LogP contribution in [0.2, 0.25) is 5.02 Å². The lowest BCUT2D eigenvalue weighted by Gasteiger charge is -2.36. The average Bonchev–Trinajstić information content (AvgIpc) is 3.17. The van der Waals surface area contributed by atoms with Crippen LogP contribution in [0.5, 0.6) is 5.75 Å². The number of hydrogen-bond donors (Lipinski definition) is 0. The van der Waals surface area contributed by atoms with Crippen molar-refractivity contribution in [1.29, 1.82) is 0 Å². The van der Waals surface area contributed by atoms with Gasteiger partial charge in [0.1, 0.15) is 11.9 Å². The van der Waals surface area contributed by atoms with Crippen molar-refractivity contribution >= 4 is 17.5 Å². The number of nitrogens with zero attached hydrogens (tertiary/aromatic N) is 2. The van der Waals surface area contributed by atoms with E-state index in [0.29, 0.717) is 35.0 Å². The fourth-order valence-electron chi connectivity index (χ4n) is 3.96. The summed E-state index contributed by atoms with van der Waals surface area (Å²) in [5.74, 6) is 0.638. The molecule has 6 heteroatoms. The summed E-state index contributed by atoms with van der Waals surface area (Å²) >= 11 is 6.44. The number of benzene rings is 1. The van der Waals surface area contributed by atoms with E-state index in [4.69, 9.17) is 21.1 Å². The van der Waals surface area contributed by atoms with Gasteiger partial charge in [-0.3, -0.25) is 4.79 Å². The summed E-state index contributed by atoms with van der Waals surface area (Å²) in [5, 5.41) is 0.499. The average molecular weight is 409 g/mol. The zero-order chi connectivity index (χ0) is 20.3. The van der Waals surface area contributed by atoms with E-state index in [-0.39, 0.29) is 18.1 Å². The van der Waals surface area contributed by atoms with Gasteiger partial charge in [-0.25, -0.2) is 0 Å². The molecule has 0 aliphatic carbocycles. The molecule has 0 bridgehead atoms. The largest absolute Gasteiger partial charge is 0.489 e. The van der Waals surface area contributed by atoms with Gasteiger partial charge in [0.2, 0.25) is 0 Å². The minimum atomic E-state index is -0.0283. The molecule has 1 aromatic rings. The van der Waals surface area contributed by atoms with Crippen LogP contribution in [-0.2, 0) is 4.74 Å². The third kappa shape index (κ3) is 5.62. The van der Waals surface area contributed by atoms with Crippen LogP contribution in [0.3, 0.4) is 0 Å². The molecule has 2 saturated heterocycles. The molecule has 28 heavy (non-hydrogen) atoms. The Labute approximate surface area is 173 Å². The second-order valence-corrected chi connectivity index (χ2v) is 9.64. The summed E-state index contributed by atoms with van der Waals surface area (Å²) in [6.45, 7) is 11.3. The van der Waals surface area contributed by atoms with Gasteiger partial charge in [0.05, 0.1) is 17.7 Å². The first-order valence-corrected chi connectivity index (χ1v) is 10.6. The predicted octanol–water partition coefficient (Wildman–Crippen LogP) is 4.09. The molecule has 0 N–H and O–H groups in total. The summed E-state index contributed by atoms with van der Waals surface area (Å²) in [6.07, 6.45) is 3.05. The number of hydrogen-bond acceptors (Lipinski definition) is 4. The van der Waals surface area contributed by atoms with Gasteiger partial charge in [-0.15, -0.1) is 0 Å². The Morgan fingerprint density at radius 1 is 1.29 bits per heavy atom. The molecule has 156 valence electrons. The third-order valence-electron chi connectivity index (χ3n) is 5.48. The van der Waals surface area contributed by atoms with Gasteiger partial charge >= 0.3 is 0 Å². The lowest BCUT2D eigenvalue weighted by Crippen LogP contribution is -2.42. The fraction of sp³-hybridized carbons (Fsp3) is 0.682. The van der Waals surface area contributed by atoms with Gasteiger partial charge in [0.15, 0.2) is 0 Å². The molecule has 0 spiro atoms. The van der Waals surface area contributed by atoms with Crippen LogP contribution >= 0.6 is 11.6 Å². The van der Waals surface area contributed by atoms with E-state index in [1.807, 2.05) is 19.2 Å². The Kier molecular flexibility index (Phi) is 6.89. The van der Waals surface area contributed by atoms with Crippen LogP contribution in [0.1, 0.15) is 50.4 Å². The number of piperidine rings is 1. The molecule has 2 fully saturated rings. The van der Waals surface area contributed by atoms with Crippen LogP contribution in [0.4, 0.5) is 0 Å². The first-order valence-electron chi connectivity index (χ1n) is 10.3. The zero-order valence-electron chi connectivity index (χ0n) is 17.5. The Bertz CT molecular complexity index is 675. The number of likely N-dealkylation sites (tertiary alicyclic amines) is 1. The maximum Gasteiger partial charge on any atom is 0.253 e. The highest BCUT2D eigenvalue weighted by atomic mass is 35.5. The van der Waals surface area contributed by atoms with Crippen molar-refractivity contribution in [2.24, 2.45) is 5.41 Å². The summed E-state index contributed by atoms with van der Waals surface area (Å²) in [4.78, 5) is 17.0. The molecule has 0 aromatic heterocycles. The molecular weight excluding hydrogens is 376 g/mol. The lowest BCUT2D eigenvalue weighted by atomic mass is 9.94. The molecule has 0 saturated carbocycles. The Morgan fingerprint density at radius 3 is 2.57 bits per heavy atom. The fourth-order valence-corrected chi connectivity index (χ4v) is 4.19. The van der Waals surface area contributed by atoms with Crippen LogP contribution in [0, 0.1) is 5.41 Å². The van der Waals surface area contributed by atoms with Gasteiger partial charge in [0, 0.05) is 38.9 Å². The van der Waals surface area contributed by atoms with Gasteiger partial charge in [-0.1, -0.05) is 32.4 Å². The van der Waals surface area contributed by atoms with E-state index in [9.17, 15) is 4.79 Å². The third-order valence-corrected chi connectivity index (χ3v) is 5.77. The minimum Gasteiger partial charge on any atom is -0.489 e. The highest BCUT2D eigenvalue weighted by Crippen LogP contribution is 2.30. The molecule has 2 heterocycles. The first kappa shape index (κ1) is 21.4. The molecule has 3 rings (SSSR count). The van der Waals surface area contributed by atoms with Gasteiger partial charge in [0.25, 0.3) is 5.91 Å². The van der Waals surface area contributed by atoms with Crippen LogP contribution < -0.4 is 4.74 Å². The Morgan fingerprint density at radius 2 is 2.00 bits per heavy atom. The SMILES string of the molecule is CN(C(=O)c1ccc(OC2CCN(CC(C)(C)C)CC2)c(Cl)c1)C1CCOC1. The van der Waals surface area contributed by atoms with Crippen molar-refractivity contribution in [3.8, 4) is 5.75 Å². The van der Waals surface area contributed by atoms with Crippen LogP contribution in [0.15, 0.2) is 18.2 Å². The van der Waals surface area contributed by atoms with E-state index >= 15 is 0 Å². The molecule has 0 radical (unpaired) electrons. The molecular formula is C22H33ClN2O3. The summed E-state index contributed by atoms with van der Waals surface area (Å²) < 4.78 is 11.5. The zero-order valence-corrected chi connectivity index (χ0v) is 18.3. The van der Waals surface area contributed by atoms with Crippen molar-refractivity contribution < 1.29 is 14.3 Å². The quantitative estimate of drug-likeness (QED) is 0.735. The molecule has 1 unspecified atom stereocenters. The Hall–Kier alpha value is -1.30. The van der Waals surface area contributed by atoms with Crippen molar-refractivity contribution in [2.75, 3.05) is 39.9 Å². The minimum absolute atomic E-state index is 0.0283. The summed E-state index contributed by atoms with van der Waals surface area (Å²) in [5.41, 5.74) is 0.906.